The van der Waals surface area contributed by atoms with Crippen LogP contribution in [-0.4, -0.2) is 34.8 Å². The number of nitrogens with zero attached hydrogens (tertiary/aromatic N) is 2. The molecular weight excluding hydrogens is 308 g/mol. The molecule has 2 aromatic rings. The number of rotatable bonds is 9. The van der Waals surface area contributed by atoms with Crippen molar-refractivity contribution in [3.8, 4) is 0 Å². The van der Waals surface area contributed by atoms with Gasteiger partial charge in [-0.15, -0.1) is 0 Å². The van der Waals surface area contributed by atoms with Crippen molar-refractivity contribution < 1.29 is 4.79 Å². The predicted octanol–water partition coefficient (Wildman–Crippen LogP) is 4.34. The highest BCUT2D eigenvalue weighted by atomic mass is 16.2. The summed E-state index contributed by atoms with van der Waals surface area (Å²) in [6.07, 6.45) is 0.561. The molecule has 0 radical (unpaired) electrons. The van der Waals surface area contributed by atoms with E-state index in [1.807, 2.05) is 29.2 Å². The minimum atomic E-state index is 0.205. The number of amides is 1. The Morgan fingerprint density at radius 3 is 1.88 bits per heavy atom. The molecule has 25 heavy (non-hydrogen) atoms. The van der Waals surface area contributed by atoms with Gasteiger partial charge in [-0.1, -0.05) is 67.6 Å². The summed E-state index contributed by atoms with van der Waals surface area (Å²) < 4.78 is 0. The van der Waals surface area contributed by atoms with Crippen molar-refractivity contribution in [2.45, 2.75) is 46.3 Å². The molecule has 3 heteroatoms. The number of benzene rings is 2. The van der Waals surface area contributed by atoms with Gasteiger partial charge in [0.05, 0.1) is 0 Å². The molecule has 0 unspecified atom stereocenters. The van der Waals surface area contributed by atoms with Crippen LogP contribution in [-0.2, 0) is 17.9 Å². The molecular formula is C22H30N2O. The van der Waals surface area contributed by atoms with Crippen LogP contribution in [0.3, 0.4) is 0 Å². The molecule has 3 nitrogen and oxygen atoms in total. The molecule has 0 aliphatic rings. The van der Waals surface area contributed by atoms with Crippen LogP contribution in [0.2, 0.25) is 0 Å². The van der Waals surface area contributed by atoms with Crippen molar-refractivity contribution >= 4 is 5.91 Å². The first-order chi connectivity index (χ1) is 12.1. The maximum atomic E-state index is 12.8. The van der Waals surface area contributed by atoms with E-state index < -0.39 is 0 Å². The summed E-state index contributed by atoms with van der Waals surface area (Å²) in [6.45, 7) is 9.64. The van der Waals surface area contributed by atoms with E-state index in [0.717, 1.165) is 19.6 Å². The van der Waals surface area contributed by atoms with Crippen molar-refractivity contribution in [2.75, 3.05) is 13.1 Å². The molecule has 0 bridgehead atoms. The zero-order valence-electron chi connectivity index (χ0n) is 15.7. The van der Waals surface area contributed by atoms with E-state index >= 15 is 0 Å². The van der Waals surface area contributed by atoms with Crippen molar-refractivity contribution in [3.63, 3.8) is 0 Å². The summed E-state index contributed by atoms with van der Waals surface area (Å²) in [5.41, 5.74) is 2.47. The molecule has 0 saturated heterocycles. The first-order valence-electron chi connectivity index (χ1n) is 9.19. The Hall–Kier alpha value is -2.13. The van der Waals surface area contributed by atoms with Crippen LogP contribution in [0.4, 0.5) is 0 Å². The van der Waals surface area contributed by atoms with Gasteiger partial charge in [-0.3, -0.25) is 9.69 Å². The Morgan fingerprint density at radius 1 is 0.880 bits per heavy atom. The normalized spacial score (nSPS) is 11.1. The van der Waals surface area contributed by atoms with Crippen LogP contribution >= 0.6 is 0 Å². The molecule has 0 fully saturated rings. The second kappa shape index (κ2) is 10.00. The lowest BCUT2D eigenvalue weighted by atomic mass is 10.1. The molecule has 0 aromatic heterocycles. The lowest BCUT2D eigenvalue weighted by Gasteiger charge is -2.28. The molecule has 0 heterocycles. The summed E-state index contributed by atoms with van der Waals surface area (Å²) >= 11 is 0. The van der Waals surface area contributed by atoms with E-state index in [9.17, 15) is 4.79 Å². The Morgan fingerprint density at radius 2 is 1.40 bits per heavy atom. The molecule has 0 saturated carbocycles. The lowest BCUT2D eigenvalue weighted by Crippen LogP contribution is -2.38. The van der Waals surface area contributed by atoms with Gasteiger partial charge in [0.1, 0.15) is 0 Å². The summed E-state index contributed by atoms with van der Waals surface area (Å²) in [4.78, 5) is 17.1. The largest absolute Gasteiger partial charge is 0.336 e. The Bertz CT molecular complexity index is 625. The van der Waals surface area contributed by atoms with Gasteiger partial charge in [0.15, 0.2) is 0 Å². The topological polar surface area (TPSA) is 23.6 Å². The summed E-state index contributed by atoms with van der Waals surface area (Å²) in [7, 11) is 0. The van der Waals surface area contributed by atoms with Gasteiger partial charge in [-0.2, -0.15) is 0 Å². The first-order valence-corrected chi connectivity index (χ1v) is 9.19. The quantitative estimate of drug-likeness (QED) is 0.679. The average molecular weight is 338 g/mol. The van der Waals surface area contributed by atoms with Gasteiger partial charge < -0.3 is 4.90 Å². The van der Waals surface area contributed by atoms with Crippen LogP contribution < -0.4 is 0 Å². The zero-order valence-corrected chi connectivity index (χ0v) is 15.7. The van der Waals surface area contributed by atoms with Gasteiger partial charge in [-0.25, -0.2) is 0 Å². The second-order valence-electron chi connectivity index (χ2n) is 6.71. The molecule has 134 valence electrons. The van der Waals surface area contributed by atoms with Crippen molar-refractivity contribution in [2.24, 2.45) is 0 Å². The van der Waals surface area contributed by atoms with Gasteiger partial charge in [-0.05, 0) is 31.5 Å². The predicted molar refractivity (Wildman–Crippen MR) is 104 cm³/mol. The summed E-state index contributed by atoms with van der Waals surface area (Å²) in [5.74, 6) is 0.227. The fourth-order valence-electron chi connectivity index (χ4n) is 2.93. The van der Waals surface area contributed by atoms with E-state index in [0.29, 0.717) is 13.0 Å². The van der Waals surface area contributed by atoms with Crippen LogP contribution in [0.1, 0.15) is 38.3 Å². The minimum Gasteiger partial charge on any atom is -0.336 e. The highest BCUT2D eigenvalue weighted by Crippen LogP contribution is 2.11. The highest BCUT2D eigenvalue weighted by molar-refractivity contribution is 5.76. The number of carbonyl (C=O) groups excluding carboxylic acids is 1. The standard InChI is InChI=1S/C22H30N2O/c1-4-23(17-20-11-7-5-8-12-20)16-15-22(25)24(19(2)3)18-21-13-9-6-10-14-21/h5-14,19H,4,15-18H2,1-3H3. The van der Waals surface area contributed by atoms with Crippen LogP contribution in [0.15, 0.2) is 60.7 Å². The number of hydrogen-bond donors (Lipinski definition) is 0. The third-order valence-corrected chi connectivity index (χ3v) is 4.48. The Kier molecular flexibility index (Phi) is 7.68. The van der Waals surface area contributed by atoms with E-state index in [-0.39, 0.29) is 11.9 Å². The average Bonchev–Trinajstić information content (AvgIpc) is 2.64. The molecule has 1 amide bonds. The Balaban J connectivity index is 1.91. The fourth-order valence-corrected chi connectivity index (χ4v) is 2.93. The van der Waals surface area contributed by atoms with Crippen molar-refractivity contribution in [3.05, 3.63) is 71.8 Å². The van der Waals surface area contributed by atoms with Crippen molar-refractivity contribution in [1.82, 2.24) is 9.80 Å². The van der Waals surface area contributed by atoms with E-state index in [4.69, 9.17) is 0 Å². The fraction of sp³-hybridized carbons (Fsp3) is 0.409. The maximum Gasteiger partial charge on any atom is 0.224 e. The smallest absolute Gasteiger partial charge is 0.224 e. The maximum absolute atomic E-state index is 12.8. The van der Waals surface area contributed by atoms with Crippen LogP contribution in [0.25, 0.3) is 0 Å². The Labute approximate surface area is 152 Å². The SMILES string of the molecule is CCN(CCC(=O)N(Cc1ccccc1)C(C)C)Cc1ccccc1. The van der Waals surface area contributed by atoms with E-state index in [1.54, 1.807) is 0 Å². The molecule has 0 spiro atoms. The lowest BCUT2D eigenvalue weighted by molar-refractivity contribution is -0.134. The summed E-state index contributed by atoms with van der Waals surface area (Å²) in [5, 5.41) is 0. The third-order valence-electron chi connectivity index (χ3n) is 4.48. The molecule has 0 aliphatic carbocycles. The third kappa shape index (κ3) is 6.35. The van der Waals surface area contributed by atoms with Crippen LogP contribution in [0.5, 0.6) is 0 Å². The number of carbonyl (C=O) groups is 1. The number of hydrogen-bond acceptors (Lipinski definition) is 2. The molecule has 0 aliphatic heterocycles. The highest BCUT2D eigenvalue weighted by Gasteiger charge is 2.18. The van der Waals surface area contributed by atoms with E-state index in [2.05, 4.69) is 62.1 Å². The molecule has 0 atom stereocenters. The van der Waals surface area contributed by atoms with Crippen molar-refractivity contribution in [1.29, 1.82) is 0 Å². The summed E-state index contributed by atoms with van der Waals surface area (Å²) in [6, 6.07) is 20.9. The van der Waals surface area contributed by atoms with Gasteiger partial charge >= 0.3 is 0 Å². The molecule has 2 aromatic carbocycles. The van der Waals surface area contributed by atoms with Gasteiger partial charge in [0.25, 0.3) is 0 Å². The monoisotopic (exact) mass is 338 g/mol. The van der Waals surface area contributed by atoms with Gasteiger partial charge in [0, 0.05) is 32.1 Å². The zero-order chi connectivity index (χ0) is 18.1. The minimum absolute atomic E-state index is 0.205. The van der Waals surface area contributed by atoms with E-state index in [1.165, 1.54) is 11.1 Å². The second-order valence-corrected chi connectivity index (χ2v) is 6.71. The molecule has 0 N–H and O–H groups in total. The first kappa shape index (κ1) is 19.2. The van der Waals surface area contributed by atoms with Crippen LogP contribution in [0, 0.1) is 0 Å². The van der Waals surface area contributed by atoms with Gasteiger partial charge in [0.2, 0.25) is 5.91 Å². The molecule has 2 rings (SSSR count).